The molecule has 0 heterocycles. The summed E-state index contributed by atoms with van der Waals surface area (Å²) in [5.41, 5.74) is 2.31. The zero-order valence-corrected chi connectivity index (χ0v) is 13.9. The second-order valence-electron chi connectivity index (χ2n) is 5.64. The molecule has 3 nitrogen and oxygen atoms in total. The van der Waals surface area contributed by atoms with Gasteiger partial charge in [0.05, 0.1) is 0 Å². The first-order chi connectivity index (χ1) is 12.4. The summed E-state index contributed by atoms with van der Waals surface area (Å²) in [5, 5.41) is 11.9. The van der Waals surface area contributed by atoms with E-state index in [1.165, 1.54) is 0 Å². The van der Waals surface area contributed by atoms with Gasteiger partial charge in [0, 0.05) is 12.1 Å². The lowest BCUT2D eigenvalue weighted by Crippen LogP contribution is -2.37. The molecule has 0 aliphatic heterocycles. The van der Waals surface area contributed by atoms with Gasteiger partial charge in [0.25, 0.3) is 0 Å². The third-order valence-electron chi connectivity index (χ3n) is 3.58. The van der Waals surface area contributed by atoms with Crippen LogP contribution in [0.15, 0.2) is 54.6 Å². The molecule has 0 spiro atoms. The first-order valence-corrected chi connectivity index (χ1v) is 8.05. The van der Waals surface area contributed by atoms with Crippen LogP contribution in [0.2, 0.25) is 0 Å². The number of hydrogen-bond acceptors (Lipinski definition) is 2. The monoisotopic (exact) mass is 361 g/mol. The van der Waals surface area contributed by atoms with Crippen LogP contribution in [0, 0.1) is 11.8 Å². The molecule has 2 rings (SSSR count). The smallest absolute Gasteiger partial charge is 0.376 e. The van der Waals surface area contributed by atoms with Gasteiger partial charge in [-0.3, -0.25) is 4.79 Å². The number of carbonyl (C=O) groups excluding carboxylic acids is 1. The van der Waals surface area contributed by atoms with E-state index in [1.807, 2.05) is 35.6 Å². The number of aliphatic hydroxyl groups excluding tert-OH is 1. The van der Waals surface area contributed by atoms with Crippen LogP contribution in [0.5, 0.6) is 0 Å². The summed E-state index contributed by atoms with van der Waals surface area (Å²) in [6, 6.07) is 16.3. The molecule has 26 heavy (non-hydrogen) atoms. The van der Waals surface area contributed by atoms with E-state index in [-0.39, 0.29) is 6.54 Å². The van der Waals surface area contributed by atoms with Gasteiger partial charge in [0.1, 0.15) is 6.10 Å². The van der Waals surface area contributed by atoms with Crippen molar-refractivity contribution in [1.82, 2.24) is 5.32 Å². The van der Waals surface area contributed by atoms with Crippen LogP contribution >= 0.6 is 0 Å². The van der Waals surface area contributed by atoms with E-state index in [9.17, 15) is 23.1 Å². The summed E-state index contributed by atoms with van der Waals surface area (Å²) < 4.78 is 36.2. The van der Waals surface area contributed by atoms with Crippen molar-refractivity contribution in [2.24, 2.45) is 0 Å². The Balaban J connectivity index is 1.88. The van der Waals surface area contributed by atoms with Gasteiger partial charge in [-0.25, -0.2) is 0 Å². The lowest BCUT2D eigenvalue weighted by atomic mass is 10.1. The molecule has 136 valence electrons. The summed E-state index contributed by atoms with van der Waals surface area (Å²) >= 11 is 0. The number of halogens is 3. The highest BCUT2D eigenvalue weighted by molar-refractivity contribution is 5.81. The molecule has 0 bridgehead atoms. The first kappa shape index (κ1) is 19.5. The largest absolute Gasteiger partial charge is 0.471 e. The van der Waals surface area contributed by atoms with Crippen LogP contribution < -0.4 is 5.32 Å². The van der Waals surface area contributed by atoms with Gasteiger partial charge in [-0.2, -0.15) is 13.2 Å². The molecule has 0 radical (unpaired) electrons. The minimum Gasteiger partial charge on any atom is -0.376 e. The SMILES string of the molecule is O=C(NCCCc1cccc(C#CC(O)c2ccccc2)c1)C(F)(F)F. The highest BCUT2D eigenvalue weighted by Gasteiger charge is 2.38. The molecule has 0 saturated heterocycles. The molecule has 2 aromatic rings. The summed E-state index contributed by atoms with van der Waals surface area (Å²) in [5.74, 6) is 3.73. The van der Waals surface area contributed by atoms with E-state index in [4.69, 9.17) is 0 Å². The predicted octanol–water partition coefficient (Wildman–Crippen LogP) is 3.38. The number of nitrogens with one attached hydrogen (secondary N) is 1. The third kappa shape index (κ3) is 6.26. The van der Waals surface area contributed by atoms with Crippen LogP contribution in [0.3, 0.4) is 0 Å². The molecule has 2 aromatic carbocycles. The molecule has 1 amide bonds. The van der Waals surface area contributed by atoms with E-state index in [0.29, 0.717) is 24.0 Å². The standard InChI is InChI=1S/C20H18F3NO2/c21-20(22,23)19(26)24-13-5-8-15-6-4-7-16(14-15)11-12-18(25)17-9-2-1-3-10-17/h1-4,6-7,9-10,14,18,25H,5,8,13H2,(H,24,26). The Morgan fingerprint density at radius 1 is 1.12 bits per heavy atom. The number of rotatable bonds is 5. The normalized spacial score (nSPS) is 12.0. The minimum absolute atomic E-state index is 0.0546. The van der Waals surface area contributed by atoms with Crippen molar-refractivity contribution in [3.8, 4) is 11.8 Å². The Bertz CT molecular complexity index is 792. The van der Waals surface area contributed by atoms with E-state index >= 15 is 0 Å². The van der Waals surface area contributed by atoms with Crippen LogP contribution in [0.4, 0.5) is 13.2 Å². The molecule has 0 saturated carbocycles. The second kappa shape index (κ2) is 9.07. The van der Waals surface area contributed by atoms with Gasteiger partial charge in [0.15, 0.2) is 0 Å². The molecule has 6 heteroatoms. The van der Waals surface area contributed by atoms with Crippen molar-refractivity contribution in [2.45, 2.75) is 25.1 Å². The number of hydrogen-bond donors (Lipinski definition) is 2. The highest BCUT2D eigenvalue weighted by Crippen LogP contribution is 2.14. The zero-order valence-electron chi connectivity index (χ0n) is 13.9. The molecule has 0 fully saturated rings. The zero-order chi connectivity index (χ0) is 19.0. The van der Waals surface area contributed by atoms with Gasteiger partial charge in [-0.05, 0) is 36.1 Å². The van der Waals surface area contributed by atoms with Gasteiger partial charge in [-0.1, -0.05) is 54.3 Å². The molecular weight excluding hydrogens is 343 g/mol. The van der Waals surface area contributed by atoms with Crippen molar-refractivity contribution in [3.05, 3.63) is 71.3 Å². The topological polar surface area (TPSA) is 49.3 Å². The number of carbonyl (C=O) groups is 1. The van der Waals surface area contributed by atoms with Crippen LogP contribution in [0.25, 0.3) is 0 Å². The fraction of sp³-hybridized carbons (Fsp3) is 0.250. The number of aryl methyl sites for hydroxylation is 1. The molecule has 2 N–H and O–H groups in total. The lowest BCUT2D eigenvalue weighted by molar-refractivity contribution is -0.173. The van der Waals surface area contributed by atoms with Gasteiger partial charge >= 0.3 is 12.1 Å². The Labute approximate surface area is 149 Å². The number of amides is 1. The maximum atomic E-state index is 12.1. The van der Waals surface area contributed by atoms with E-state index < -0.39 is 18.2 Å². The van der Waals surface area contributed by atoms with Gasteiger partial charge in [-0.15, -0.1) is 0 Å². The van der Waals surface area contributed by atoms with Crippen LogP contribution in [-0.4, -0.2) is 23.7 Å². The van der Waals surface area contributed by atoms with Crippen LogP contribution in [-0.2, 0) is 11.2 Å². The average molecular weight is 361 g/mol. The van der Waals surface area contributed by atoms with E-state index in [0.717, 1.165) is 5.56 Å². The third-order valence-corrected chi connectivity index (χ3v) is 3.58. The Morgan fingerprint density at radius 3 is 2.54 bits per heavy atom. The van der Waals surface area contributed by atoms with Crippen molar-refractivity contribution >= 4 is 5.91 Å². The molecule has 0 aliphatic carbocycles. The molecule has 0 aliphatic rings. The number of aliphatic hydroxyl groups is 1. The Morgan fingerprint density at radius 2 is 1.85 bits per heavy atom. The summed E-state index contributed by atoms with van der Waals surface area (Å²) in [7, 11) is 0. The summed E-state index contributed by atoms with van der Waals surface area (Å²) in [6.07, 6.45) is -4.85. The van der Waals surface area contributed by atoms with E-state index in [1.54, 1.807) is 24.3 Å². The summed E-state index contributed by atoms with van der Waals surface area (Å²) in [6.45, 7) is -0.0546. The van der Waals surface area contributed by atoms with Crippen molar-refractivity contribution in [1.29, 1.82) is 0 Å². The van der Waals surface area contributed by atoms with Gasteiger partial charge < -0.3 is 10.4 Å². The Kier molecular flexibility index (Phi) is 6.81. The van der Waals surface area contributed by atoms with Gasteiger partial charge in [0.2, 0.25) is 0 Å². The molecule has 1 unspecified atom stereocenters. The molecule has 1 atom stereocenters. The maximum absolute atomic E-state index is 12.1. The van der Waals surface area contributed by atoms with Crippen molar-refractivity contribution in [2.75, 3.05) is 6.54 Å². The highest BCUT2D eigenvalue weighted by atomic mass is 19.4. The maximum Gasteiger partial charge on any atom is 0.471 e. The van der Waals surface area contributed by atoms with Crippen molar-refractivity contribution < 1.29 is 23.1 Å². The quantitative estimate of drug-likeness (QED) is 0.634. The minimum atomic E-state index is -4.85. The van der Waals surface area contributed by atoms with Crippen LogP contribution in [0.1, 0.15) is 29.2 Å². The molecule has 0 aromatic heterocycles. The van der Waals surface area contributed by atoms with Crippen molar-refractivity contribution in [3.63, 3.8) is 0 Å². The fourth-order valence-corrected chi connectivity index (χ4v) is 2.27. The average Bonchev–Trinajstić information content (AvgIpc) is 2.63. The predicted molar refractivity (Wildman–Crippen MR) is 92.1 cm³/mol. The lowest BCUT2D eigenvalue weighted by Gasteiger charge is -2.07. The number of alkyl halides is 3. The summed E-state index contributed by atoms with van der Waals surface area (Å²) in [4.78, 5) is 10.7. The molecular formula is C20H18F3NO2. The number of benzene rings is 2. The fourth-order valence-electron chi connectivity index (χ4n) is 2.27. The first-order valence-electron chi connectivity index (χ1n) is 8.05. The van der Waals surface area contributed by atoms with E-state index in [2.05, 4.69) is 11.8 Å². The Hall–Kier alpha value is -2.78. The second-order valence-corrected chi connectivity index (χ2v) is 5.64.